The molecule has 0 unspecified atom stereocenters. The Kier molecular flexibility index (Phi) is 9.36. The molecule has 4 aromatic carbocycles. The van der Waals surface area contributed by atoms with Gasteiger partial charge in [0.25, 0.3) is 0 Å². The lowest BCUT2D eigenvalue weighted by Crippen LogP contribution is -2.12. The predicted molar refractivity (Wildman–Crippen MR) is 168 cm³/mol. The van der Waals surface area contributed by atoms with Crippen molar-refractivity contribution in [2.45, 2.75) is 84.4 Å². The SMILES string of the molecule is CC(C)(C)C.Cc1ccc(S(=O)(=O)c2ccc(Oc3ccc(-c4ccc(C(C)(C)C)c(C)c4)cc3C)cc2)cc1. The number of ether oxygens (including phenoxy) is 1. The number of benzene rings is 4. The molecule has 0 aliphatic heterocycles. The first-order valence-electron chi connectivity index (χ1n) is 13.8. The summed E-state index contributed by atoms with van der Waals surface area (Å²) >= 11 is 0. The third-order valence-electron chi connectivity index (χ3n) is 6.24. The lowest BCUT2D eigenvalue weighted by Gasteiger charge is -2.22. The fourth-order valence-electron chi connectivity index (χ4n) is 4.30. The highest BCUT2D eigenvalue weighted by Crippen LogP contribution is 2.33. The Hall–Kier alpha value is -3.37. The highest BCUT2D eigenvalue weighted by Gasteiger charge is 2.18. The van der Waals surface area contributed by atoms with Crippen LogP contribution in [0.2, 0.25) is 0 Å². The summed E-state index contributed by atoms with van der Waals surface area (Å²) in [7, 11) is -3.56. The zero-order valence-electron chi connectivity index (χ0n) is 25.7. The van der Waals surface area contributed by atoms with Crippen molar-refractivity contribution in [1.82, 2.24) is 0 Å². The van der Waals surface area contributed by atoms with E-state index in [1.807, 2.05) is 19.9 Å². The van der Waals surface area contributed by atoms with Crippen LogP contribution in [-0.2, 0) is 15.3 Å². The van der Waals surface area contributed by atoms with Crippen LogP contribution in [0.4, 0.5) is 0 Å². The summed E-state index contributed by atoms with van der Waals surface area (Å²) in [6.45, 7) is 21.6. The maximum Gasteiger partial charge on any atom is 0.206 e. The van der Waals surface area contributed by atoms with Gasteiger partial charge in [0.1, 0.15) is 11.5 Å². The van der Waals surface area contributed by atoms with Gasteiger partial charge >= 0.3 is 0 Å². The first kappa shape index (κ1) is 31.2. The molecule has 3 nitrogen and oxygen atoms in total. The number of rotatable bonds is 5. The van der Waals surface area contributed by atoms with Crippen LogP contribution in [0.1, 0.15) is 70.7 Å². The summed E-state index contributed by atoms with van der Waals surface area (Å²) in [6, 6.07) is 26.2. The smallest absolute Gasteiger partial charge is 0.206 e. The highest BCUT2D eigenvalue weighted by molar-refractivity contribution is 7.91. The van der Waals surface area contributed by atoms with Crippen molar-refractivity contribution in [2.75, 3.05) is 0 Å². The van der Waals surface area contributed by atoms with Crippen molar-refractivity contribution in [2.24, 2.45) is 5.41 Å². The van der Waals surface area contributed by atoms with Crippen LogP contribution >= 0.6 is 0 Å². The Bertz CT molecular complexity index is 1540. The highest BCUT2D eigenvalue weighted by atomic mass is 32.2. The average Bonchev–Trinajstić information content (AvgIpc) is 2.84. The quantitative estimate of drug-likeness (QED) is 0.246. The molecule has 4 aromatic rings. The van der Waals surface area contributed by atoms with E-state index in [0.717, 1.165) is 22.4 Å². The molecule has 0 N–H and O–H groups in total. The molecule has 0 spiro atoms. The Morgan fingerprint density at radius 1 is 0.575 bits per heavy atom. The Balaban J connectivity index is 0.000000810. The van der Waals surface area contributed by atoms with Gasteiger partial charge in [0.15, 0.2) is 0 Å². The Morgan fingerprint density at radius 3 is 1.48 bits per heavy atom. The summed E-state index contributed by atoms with van der Waals surface area (Å²) in [4.78, 5) is 0.531. The minimum atomic E-state index is -3.56. The molecule has 0 aromatic heterocycles. The maximum atomic E-state index is 12.9. The molecule has 0 atom stereocenters. The second-order valence-corrected chi connectivity index (χ2v) is 15.1. The van der Waals surface area contributed by atoms with Crippen molar-refractivity contribution in [3.63, 3.8) is 0 Å². The monoisotopic (exact) mass is 556 g/mol. The van der Waals surface area contributed by atoms with Gasteiger partial charge in [-0.25, -0.2) is 8.42 Å². The molecule has 4 rings (SSSR count). The summed E-state index contributed by atoms with van der Waals surface area (Å²) in [5, 5.41) is 0. The lowest BCUT2D eigenvalue weighted by atomic mass is 9.83. The minimum absolute atomic E-state index is 0.116. The van der Waals surface area contributed by atoms with Gasteiger partial charge in [0.05, 0.1) is 9.79 Å². The molecule has 0 bridgehead atoms. The van der Waals surface area contributed by atoms with Gasteiger partial charge in [0.2, 0.25) is 9.84 Å². The van der Waals surface area contributed by atoms with Gasteiger partial charge in [-0.3, -0.25) is 0 Å². The molecule has 0 saturated heterocycles. The first-order valence-corrected chi connectivity index (χ1v) is 15.3. The summed E-state index contributed by atoms with van der Waals surface area (Å²) in [5.74, 6) is 1.33. The Morgan fingerprint density at radius 2 is 1.02 bits per heavy atom. The molecule has 40 heavy (non-hydrogen) atoms. The fraction of sp³-hybridized carbons (Fsp3) is 0.333. The van der Waals surface area contributed by atoms with E-state index in [2.05, 4.69) is 85.7 Å². The van der Waals surface area contributed by atoms with E-state index < -0.39 is 9.84 Å². The first-order chi connectivity index (χ1) is 18.4. The predicted octanol–water partition coefficient (Wildman–Crippen LogP) is 10.3. The second kappa shape index (κ2) is 12.0. The second-order valence-electron chi connectivity index (χ2n) is 13.1. The summed E-state index contributed by atoms with van der Waals surface area (Å²) in [5.41, 5.74) is 7.60. The molecule has 0 radical (unpaired) electrons. The van der Waals surface area contributed by atoms with Crippen LogP contribution < -0.4 is 4.74 Å². The Labute approximate surface area is 242 Å². The van der Waals surface area contributed by atoms with E-state index in [1.54, 1.807) is 48.5 Å². The van der Waals surface area contributed by atoms with E-state index in [-0.39, 0.29) is 15.2 Å². The van der Waals surface area contributed by atoms with Crippen molar-refractivity contribution >= 4 is 9.84 Å². The molecule has 0 aliphatic rings. The van der Waals surface area contributed by atoms with Crippen molar-refractivity contribution < 1.29 is 13.2 Å². The molecular weight excluding hydrogens is 512 g/mol. The largest absolute Gasteiger partial charge is 0.457 e. The number of sulfone groups is 1. The van der Waals surface area contributed by atoms with Crippen LogP contribution in [0.3, 0.4) is 0 Å². The van der Waals surface area contributed by atoms with Crippen molar-refractivity contribution in [3.8, 4) is 22.6 Å². The molecule has 0 amide bonds. The van der Waals surface area contributed by atoms with Crippen LogP contribution in [-0.4, -0.2) is 8.42 Å². The van der Waals surface area contributed by atoms with Crippen LogP contribution in [0.25, 0.3) is 11.1 Å². The number of hydrogen-bond acceptors (Lipinski definition) is 3. The molecule has 0 heterocycles. The average molecular weight is 557 g/mol. The zero-order valence-corrected chi connectivity index (χ0v) is 26.5. The van der Waals surface area contributed by atoms with E-state index in [0.29, 0.717) is 11.2 Å². The van der Waals surface area contributed by atoms with Gasteiger partial charge in [0, 0.05) is 0 Å². The summed E-state index contributed by atoms with van der Waals surface area (Å²) < 4.78 is 31.9. The van der Waals surface area contributed by atoms with E-state index in [4.69, 9.17) is 4.74 Å². The van der Waals surface area contributed by atoms with Gasteiger partial charge in [-0.2, -0.15) is 0 Å². The van der Waals surface area contributed by atoms with Crippen molar-refractivity contribution in [1.29, 1.82) is 0 Å². The van der Waals surface area contributed by atoms with Gasteiger partial charge in [-0.15, -0.1) is 0 Å². The maximum absolute atomic E-state index is 12.9. The number of hydrogen-bond donors (Lipinski definition) is 0. The summed E-state index contributed by atoms with van der Waals surface area (Å²) in [6.07, 6.45) is 0. The van der Waals surface area contributed by atoms with Gasteiger partial charge in [-0.1, -0.05) is 90.4 Å². The van der Waals surface area contributed by atoms with Crippen LogP contribution in [0, 0.1) is 26.2 Å². The van der Waals surface area contributed by atoms with E-state index in [9.17, 15) is 8.42 Å². The zero-order chi connectivity index (χ0) is 29.9. The normalized spacial score (nSPS) is 11.9. The standard InChI is InChI=1S/C31H32O3S.C5H12/c1-21-7-13-27(14-8-21)35(32,33)28-15-11-26(12-16-28)34-30-18-10-25(20-23(30)3)24-9-17-29(22(2)19-24)31(4,5)6;1-5(2,3)4/h7-20H,1-6H3;1-4H3. The topological polar surface area (TPSA) is 43.4 Å². The molecule has 4 heteroatoms. The minimum Gasteiger partial charge on any atom is -0.457 e. The lowest BCUT2D eigenvalue weighted by molar-refractivity contribution is 0.469. The molecular formula is C36H44O3S. The third-order valence-corrected chi connectivity index (χ3v) is 8.02. The number of aryl methyl sites for hydroxylation is 3. The van der Waals surface area contributed by atoms with E-state index >= 15 is 0 Å². The van der Waals surface area contributed by atoms with Gasteiger partial charge in [-0.05, 0) is 108 Å². The molecule has 0 fully saturated rings. The van der Waals surface area contributed by atoms with E-state index in [1.165, 1.54) is 16.7 Å². The fourth-order valence-corrected chi connectivity index (χ4v) is 5.56. The van der Waals surface area contributed by atoms with Crippen LogP contribution in [0.5, 0.6) is 11.5 Å². The molecule has 0 saturated carbocycles. The van der Waals surface area contributed by atoms with Crippen molar-refractivity contribution in [3.05, 3.63) is 107 Å². The molecule has 0 aliphatic carbocycles. The molecule has 212 valence electrons. The van der Waals surface area contributed by atoms with Crippen LogP contribution in [0.15, 0.2) is 94.7 Å². The van der Waals surface area contributed by atoms with Gasteiger partial charge < -0.3 is 4.74 Å². The third kappa shape index (κ3) is 8.32.